The van der Waals surface area contributed by atoms with Gasteiger partial charge < -0.3 is 5.32 Å². The topological polar surface area (TPSA) is 15.3 Å². The van der Waals surface area contributed by atoms with Crippen LogP contribution in [0.1, 0.15) is 25.0 Å². The zero-order valence-electron chi connectivity index (χ0n) is 11.9. The van der Waals surface area contributed by atoms with Crippen molar-refractivity contribution < 1.29 is 4.39 Å². The molecule has 2 nitrogen and oxygen atoms in total. The van der Waals surface area contributed by atoms with Crippen molar-refractivity contribution in [1.29, 1.82) is 0 Å². The molecule has 0 aliphatic carbocycles. The number of rotatable bonds is 4. The molecule has 0 amide bonds. The molecule has 0 saturated carbocycles. The number of benzene rings is 1. The van der Waals surface area contributed by atoms with E-state index in [9.17, 15) is 4.39 Å². The van der Waals surface area contributed by atoms with Crippen LogP contribution < -0.4 is 5.32 Å². The Morgan fingerprint density at radius 2 is 2.00 bits per heavy atom. The first kappa shape index (κ1) is 14.8. The molecule has 0 spiro atoms. The van der Waals surface area contributed by atoms with E-state index in [-0.39, 0.29) is 5.82 Å². The summed E-state index contributed by atoms with van der Waals surface area (Å²) in [6.45, 7) is 8.10. The van der Waals surface area contributed by atoms with Gasteiger partial charge >= 0.3 is 0 Å². The summed E-state index contributed by atoms with van der Waals surface area (Å²) in [5.41, 5.74) is 1.96. The van der Waals surface area contributed by atoms with E-state index in [4.69, 9.17) is 0 Å². The molecule has 1 saturated heterocycles. The fraction of sp³-hybridized carbons (Fsp3) is 0.600. The Morgan fingerprint density at radius 1 is 1.32 bits per heavy atom. The van der Waals surface area contributed by atoms with E-state index in [0.717, 1.165) is 37.3 Å². The fourth-order valence-corrected chi connectivity index (χ4v) is 4.10. The number of nitrogens with one attached hydrogen (secondary N) is 1. The van der Waals surface area contributed by atoms with Crippen LogP contribution in [0.5, 0.6) is 0 Å². The molecule has 1 aromatic rings. The Kier molecular flexibility index (Phi) is 5.25. The van der Waals surface area contributed by atoms with Crippen molar-refractivity contribution in [1.82, 2.24) is 10.2 Å². The van der Waals surface area contributed by atoms with Gasteiger partial charge in [0.05, 0.1) is 0 Å². The molecule has 2 rings (SSSR count). The summed E-state index contributed by atoms with van der Waals surface area (Å²) in [7, 11) is 1.91. The first-order valence-electron chi connectivity index (χ1n) is 6.88. The van der Waals surface area contributed by atoms with Gasteiger partial charge in [0.15, 0.2) is 0 Å². The molecule has 1 aliphatic rings. The molecule has 19 heavy (non-hydrogen) atoms. The lowest BCUT2D eigenvalue weighted by atomic mass is 10.1. The zero-order valence-corrected chi connectivity index (χ0v) is 12.8. The second-order valence-electron chi connectivity index (χ2n) is 5.41. The molecule has 0 radical (unpaired) electrons. The highest BCUT2D eigenvalue weighted by Gasteiger charge is 2.22. The summed E-state index contributed by atoms with van der Waals surface area (Å²) in [4.78, 5) is 2.37. The van der Waals surface area contributed by atoms with E-state index in [1.165, 1.54) is 0 Å². The Bertz CT molecular complexity index is 415. The first-order chi connectivity index (χ1) is 9.08. The minimum absolute atomic E-state index is 0.0848. The number of hydrogen-bond donors (Lipinski definition) is 1. The third kappa shape index (κ3) is 4.20. The summed E-state index contributed by atoms with van der Waals surface area (Å²) in [5, 5.41) is 4.37. The van der Waals surface area contributed by atoms with Gasteiger partial charge in [-0.3, -0.25) is 4.90 Å². The van der Waals surface area contributed by atoms with Crippen LogP contribution in [-0.2, 0) is 13.1 Å². The number of halogens is 1. The largest absolute Gasteiger partial charge is 0.316 e. The van der Waals surface area contributed by atoms with E-state index in [1.54, 1.807) is 6.07 Å². The molecular weight excluding hydrogens is 259 g/mol. The van der Waals surface area contributed by atoms with Crippen LogP contribution in [0.4, 0.5) is 4.39 Å². The molecule has 2 atom stereocenters. The predicted octanol–water partition coefficient (Wildman–Crippen LogP) is 2.87. The summed E-state index contributed by atoms with van der Waals surface area (Å²) < 4.78 is 13.9. The van der Waals surface area contributed by atoms with E-state index in [2.05, 4.69) is 24.1 Å². The molecule has 4 heteroatoms. The SMILES string of the molecule is CNCc1ccc(F)c(CN2CC(C)SC(C)C2)c1. The average molecular weight is 282 g/mol. The van der Waals surface area contributed by atoms with Gasteiger partial charge in [0, 0.05) is 42.2 Å². The molecule has 1 N–H and O–H groups in total. The summed E-state index contributed by atoms with van der Waals surface area (Å²) >= 11 is 2.03. The molecule has 106 valence electrons. The Morgan fingerprint density at radius 3 is 2.63 bits per heavy atom. The van der Waals surface area contributed by atoms with E-state index >= 15 is 0 Å². The van der Waals surface area contributed by atoms with Crippen LogP contribution in [0, 0.1) is 5.82 Å². The van der Waals surface area contributed by atoms with Crippen molar-refractivity contribution in [3.63, 3.8) is 0 Å². The van der Waals surface area contributed by atoms with E-state index in [0.29, 0.717) is 10.5 Å². The average Bonchev–Trinajstić information content (AvgIpc) is 2.32. The molecule has 1 aromatic carbocycles. The van der Waals surface area contributed by atoms with Crippen LogP contribution in [0.3, 0.4) is 0 Å². The second kappa shape index (κ2) is 6.73. The smallest absolute Gasteiger partial charge is 0.127 e. The number of nitrogens with zero attached hydrogens (tertiary/aromatic N) is 1. The van der Waals surface area contributed by atoms with Crippen molar-refractivity contribution >= 4 is 11.8 Å². The molecule has 1 heterocycles. The monoisotopic (exact) mass is 282 g/mol. The van der Waals surface area contributed by atoms with Gasteiger partial charge in [-0.05, 0) is 18.7 Å². The predicted molar refractivity (Wildman–Crippen MR) is 81.0 cm³/mol. The zero-order chi connectivity index (χ0) is 13.8. The molecule has 1 fully saturated rings. The molecular formula is C15H23FN2S. The molecule has 2 unspecified atom stereocenters. The van der Waals surface area contributed by atoms with Gasteiger partial charge in [-0.2, -0.15) is 11.8 Å². The van der Waals surface area contributed by atoms with Gasteiger partial charge in [-0.25, -0.2) is 4.39 Å². The van der Waals surface area contributed by atoms with Gasteiger partial charge in [-0.15, -0.1) is 0 Å². The highest BCUT2D eigenvalue weighted by atomic mass is 32.2. The fourth-order valence-electron chi connectivity index (χ4n) is 2.72. The van der Waals surface area contributed by atoms with E-state index in [1.807, 2.05) is 30.9 Å². The maximum atomic E-state index is 13.9. The van der Waals surface area contributed by atoms with Crippen molar-refractivity contribution in [3.05, 3.63) is 35.1 Å². The van der Waals surface area contributed by atoms with Gasteiger partial charge in [-0.1, -0.05) is 26.0 Å². The normalized spacial score (nSPS) is 24.6. The van der Waals surface area contributed by atoms with Gasteiger partial charge in [0.2, 0.25) is 0 Å². The van der Waals surface area contributed by atoms with Crippen molar-refractivity contribution in [2.45, 2.75) is 37.4 Å². The van der Waals surface area contributed by atoms with Crippen LogP contribution in [0.2, 0.25) is 0 Å². The van der Waals surface area contributed by atoms with Crippen LogP contribution in [0.25, 0.3) is 0 Å². The first-order valence-corrected chi connectivity index (χ1v) is 7.82. The van der Waals surface area contributed by atoms with Crippen molar-refractivity contribution in [3.8, 4) is 0 Å². The van der Waals surface area contributed by atoms with Crippen LogP contribution >= 0.6 is 11.8 Å². The van der Waals surface area contributed by atoms with Crippen molar-refractivity contribution in [2.24, 2.45) is 0 Å². The maximum absolute atomic E-state index is 13.9. The summed E-state index contributed by atoms with van der Waals surface area (Å²) in [5.74, 6) is -0.0848. The van der Waals surface area contributed by atoms with Crippen LogP contribution in [-0.4, -0.2) is 35.5 Å². The summed E-state index contributed by atoms with van der Waals surface area (Å²) in [6, 6.07) is 5.43. The Labute approximate surface area is 119 Å². The lowest BCUT2D eigenvalue weighted by Gasteiger charge is -2.34. The third-order valence-electron chi connectivity index (χ3n) is 3.38. The standard InChI is InChI=1S/C15H23FN2S/c1-11-8-18(9-12(2)19-11)10-14-6-13(7-17-3)4-5-15(14)16/h4-6,11-12,17H,7-10H2,1-3H3. The number of thioether (sulfide) groups is 1. The summed E-state index contributed by atoms with van der Waals surface area (Å²) in [6.07, 6.45) is 0. The Hall–Kier alpha value is -0.580. The quantitative estimate of drug-likeness (QED) is 0.914. The molecule has 0 bridgehead atoms. The minimum atomic E-state index is -0.0848. The minimum Gasteiger partial charge on any atom is -0.316 e. The third-order valence-corrected chi connectivity index (χ3v) is 4.61. The molecule has 0 aromatic heterocycles. The lowest BCUT2D eigenvalue weighted by Crippen LogP contribution is -2.39. The van der Waals surface area contributed by atoms with Gasteiger partial charge in [0.25, 0.3) is 0 Å². The van der Waals surface area contributed by atoms with Crippen LogP contribution in [0.15, 0.2) is 18.2 Å². The maximum Gasteiger partial charge on any atom is 0.127 e. The number of hydrogen-bond acceptors (Lipinski definition) is 3. The lowest BCUT2D eigenvalue weighted by molar-refractivity contribution is 0.259. The van der Waals surface area contributed by atoms with E-state index < -0.39 is 0 Å². The molecule has 1 aliphatic heterocycles. The second-order valence-corrected chi connectivity index (χ2v) is 7.29. The van der Waals surface area contributed by atoms with Gasteiger partial charge in [0.1, 0.15) is 5.82 Å². The highest BCUT2D eigenvalue weighted by molar-refractivity contribution is 8.00. The highest BCUT2D eigenvalue weighted by Crippen LogP contribution is 2.26. The van der Waals surface area contributed by atoms with Crippen molar-refractivity contribution in [2.75, 3.05) is 20.1 Å². The Balaban J connectivity index is 2.07.